The molecule has 0 amide bonds. The average molecular weight is 228 g/mol. The summed E-state index contributed by atoms with van der Waals surface area (Å²) in [7, 11) is 0. The maximum atomic E-state index is 9.10. The molecule has 17 heavy (non-hydrogen) atoms. The minimum Gasteiger partial charge on any atom is -0.330 e. The van der Waals surface area contributed by atoms with Crippen molar-refractivity contribution in [3.05, 3.63) is 34.4 Å². The standard InChI is InChI=1S/C15H20N2/c1-11-7-13(9-16)8-14(12(11)2)15(10-17)5-3-4-6-15/h7-8H,3-6,10,17H2,1-2H3. The molecule has 2 nitrogen and oxygen atoms in total. The van der Waals surface area contributed by atoms with E-state index >= 15 is 0 Å². The molecule has 2 N–H and O–H groups in total. The predicted molar refractivity (Wildman–Crippen MR) is 69.8 cm³/mol. The van der Waals surface area contributed by atoms with E-state index in [1.165, 1.54) is 42.4 Å². The number of hydrogen-bond donors (Lipinski definition) is 1. The van der Waals surface area contributed by atoms with E-state index in [1.807, 2.05) is 6.07 Å². The number of nitrogens with zero attached hydrogens (tertiary/aromatic N) is 1. The van der Waals surface area contributed by atoms with Crippen LogP contribution in [0.2, 0.25) is 0 Å². The Labute approximate surface area is 103 Å². The predicted octanol–water partition coefficient (Wildman–Crippen LogP) is 2.95. The Morgan fingerprint density at radius 2 is 1.94 bits per heavy atom. The van der Waals surface area contributed by atoms with Gasteiger partial charge in [-0.15, -0.1) is 0 Å². The quantitative estimate of drug-likeness (QED) is 0.846. The first kappa shape index (κ1) is 12.1. The molecule has 0 spiro atoms. The van der Waals surface area contributed by atoms with Crippen LogP contribution in [0.15, 0.2) is 12.1 Å². The summed E-state index contributed by atoms with van der Waals surface area (Å²) >= 11 is 0. The Morgan fingerprint density at radius 1 is 1.29 bits per heavy atom. The third-order valence-corrected chi connectivity index (χ3v) is 4.32. The van der Waals surface area contributed by atoms with Gasteiger partial charge in [0.05, 0.1) is 11.6 Å². The molecular formula is C15H20N2. The van der Waals surface area contributed by atoms with Crippen LogP contribution >= 0.6 is 0 Å². The molecule has 0 saturated heterocycles. The highest BCUT2D eigenvalue weighted by atomic mass is 14.6. The topological polar surface area (TPSA) is 49.8 Å². The molecule has 0 atom stereocenters. The van der Waals surface area contributed by atoms with Gasteiger partial charge in [0.25, 0.3) is 0 Å². The van der Waals surface area contributed by atoms with Gasteiger partial charge in [-0.05, 0) is 55.5 Å². The maximum Gasteiger partial charge on any atom is 0.0991 e. The summed E-state index contributed by atoms with van der Waals surface area (Å²) in [5, 5.41) is 9.10. The zero-order chi connectivity index (χ0) is 12.5. The summed E-state index contributed by atoms with van der Waals surface area (Å²) in [6.07, 6.45) is 4.84. The molecule has 0 bridgehead atoms. The van der Waals surface area contributed by atoms with Crippen LogP contribution < -0.4 is 5.73 Å². The van der Waals surface area contributed by atoms with Gasteiger partial charge in [-0.2, -0.15) is 5.26 Å². The lowest BCUT2D eigenvalue weighted by Crippen LogP contribution is -2.33. The normalized spacial score (nSPS) is 18.0. The molecule has 2 heteroatoms. The molecular weight excluding hydrogens is 208 g/mol. The van der Waals surface area contributed by atoms with Crippen LogP contribution in [0.1, 0.15) is 47.9 Å². The summed E-state index contributed by atoms with van der Waals surface area (Å²) in [6.45, 7) is 4.93. The van der Waals surface area contributed by atoms with Gasteiger partial charge in [0.2, 0.25) is 0 Å². The maximum absolute atomic E-state index is 9.10. The summed E-state index contributed by atoms with van der Waals surface area (Å²) < 4.78 is 0. The van der Waals surface area contributed by atoms with Crippen LogP contribution in [0.5, 0.6) is 0 Å². The molecule has 2 rings (SSSR count). The van der Waals surface area contributed by atoms with Crippen molar-refractivity contribution in [2.45, 2.75) is 44.9 Å². The van der Waals surface area contributed by atoms with Crippen molar-refractivity contribution in [2.75, 3.05) is 6.54 Å². The van der Waals surface area contributed by atoms with E-state index in [0.29, 0.717) is 6.54 Å². The Kier molecular flexibility index (Phi) is 3.22. The summed E-state index contributed by atoms with van der Waals surface area (Å²) in [6, 6.07) is 6.29. The molecule has 0 unspecified atom stereocenters. The monoisotopic (exact) mass is 228 g/mol. The number of rotatable bonds is 2. The van der Waals surface area contributed by atoms with Crippen LogP contribution in [0.25, 0.3) is 0 Å². The lowest BCUT2D eigenvalue weighted by atomic mass is 9.75. The molecule has 1 fully saturated rings. The molecule has 0 heterocycles. The van der Waals surface area contributed by atoms with Crippen molar-refractivity contribution in [3.8, 4) is 6.07 Å². The van der Waals surface area contributed by atoms with Crippen molar-refractivity contribution >= 4 is 0 Å². The number of hydrogen-bond acceptors (Lipinski definition) is 2. The minimum atomic E-state index is 0.127. The van der Waals surface area contributed by atoms with E-state index in [9.17, 15) is 0 Å². The van der Waals surface area contributed by atoms with Gasteiger partial charge in [0.1, 0.15) is 0 Å². The second-order valence-electron chi connectivity index (χ2n) is 5.27. The van der Waals surface area contributed by atoms with Crippen molar-refractivity contribution in [1.82, 2.24) is 0 Å². The van der Waals surface area contributed by atoms with E-state index in [2.05, 4.69) is 26.0 Å². The molecule has 0 aromatic heterocycles. The number of nitriles is 1. The third-order valence-electron chi connectivity index (χ3n) is 4.32. The second-order valence-corrected chi connectivity index (χ2v) is 5.27. The second kappa shape index (κ2) is 4.50. The Morgan fingerprint density at radius 3 is 2.47 bits per heavy atom. The highest BCUT2D eigenvalue weighted by Crippen LogP contribution is 2.42. The van der Waals surface area contributed by atoms with E-state index in [1.54, 1.807) is 0 Å². The number of nitrogens with two attached hydrogens (primary N) is 1. The Hall–Kier alpha value is -1.33. The van der Waals surface area contributed by atoms with Crippen LogP contribution in [0.4, 0.5) is 0 Å². The van der Waals surface area contributed by atoms with Crippen LogP contribution in [0, 0.1) is 25.2 Å². The SMILES string of the molecule is Cc1cc(C#N)cc(C2(CN)CCCC2)c1C. The first-order chi connectivity index (χ1) is 8.13. The highest BCUT2D eigenvalue weighted by molar-refractivity contribution is 5.46. The fourth-order valence-electron chi connectivity index (χ4n) is 3.11. The van der Waals surface area contributed by atoms with Crippen molar-refractivity contribution in [1.29, 1.82) is 5.26 Å². The lowest BCUT2D eigenvalue weighted by Gasteiger charge is -2.30. The number of benzene rings is 1. The van der Waals surface area contributed by atoms with Gasteiger partial charge in [-0.25, -0.2) is 0 Å². The summed E-state index contributed by atoms with van der Waals surface area (Å²) in [4.78, 5) is 0. The molecule has 0 radical (unpaired) electrons. The smallest absolute Gasteiger partial charge is 0.0991 e. The van der Waals surface area contributed by atoms with Gasteiger partial charge >= 0.3 is 0 Å². The molecule has 1 aliphatic rings. The minimum absolute atomic E-state index is 0.127. The van der Waals surface area contributed by atoms with Crippen molar-refractivity contribution < 1.29 is 0 Å². The Bertz CT molecular complexity index is 463. The number of aryl methyl sites for hydroxylation is 1. The van der Waals surface area contributed by atoms with Crippen molar-refractivity contribution in [3.63, 3.8) is 0 Å². The molecule has 1 aromatic rings. The van der Waals surface area contributed by atoms with Crippen LogP contribution in [0.3, 0.4) is 0 Å². The fraction of sp³-hybridized carbons (Fsp3) is 0.533. The first-order valence-electron chi connectivity index (χ1n) is 6.35. The van der Waals surface area contributed by atoms with Crippen LogP contribution in [-0.4, -0.2) is 6.54 Å². The average Bonchev–Trinajstić information content (AvgIpc) is 2.82. The molecule has 90 valence electrons. The zero-order valence-electron chi connectivity index (χ0n) is 10.7. The van der Waals surface area contributed by atoms with Gasteiger partial charge < -0.3 is 5.73 Å². The van der Waals surface area contributed by atoms with Crippen LogP contribution in [-0.2, 0) is 5.41 Å². The van der Waals surface area contributed by atoms with Gasteiger partial charge in [-0.1, -0.05) is 12.8 Å². The van der Waals surface area contributed by atoms with Gasteiger partial charge in [-0.3, -0.25) is 0 Å². The third kappa shape index (κ3) is 1.96. The summed E-state index contributed by atoms with van der Waals surface area (Å²) in [5.41, 5.74) is 10.8. The molecule has 0 aliphatic heterocycles. The molecule has 1 aliphatic carbocycles. The van der Waals surface area contributed by atoms with Crippen molar-refractivity contribution in [2.24, 2.45) is 5.73 Å². The largest absolute Gasteiger partial charge is 0.330 e. The summed E-state index contributed by atoms with van der Waals surface area (Å²) in [5.74, 6) is 0. The van der Waals surface area contributed by atoms with E-state index < -0.39 is 0 Å². The molecule has 1 aromatic carbocycles. The van der Waals surface area contributed by atoms with Gasteiger partial charge in [0, 0.05) is 12.0 Å². The van der Waals surface area contributed by atoms with Gasteiger partial charge in [0.15, 0.2) is 0 Å². The van der Waals surface area contributed by atoms with E-state index in [4.69, 9.17) is 11.0 Å². The Balaban J connectivity index is 2.57. The first-order valence-corrected chi connectivity index (χ1v) is 6.35. The highest BCUT2D eigenvalue weighted by Gasteiger charge is 2.35. The lowest BCUT2D eigenvalue weighted by molar-refractivity contribution is 0.450. The molecule has 1 saturated carbocycles. The van der Waals surface area contributed by atoms with E-state index in [0.717, 1.165) is 5.56 Å². The fourth-order valence-corrected chi connectivity index (χ4v) is 3.11. The zero-order valence-corrected chi connectivity index (χ0v) is 10.7. The van der Waals surface area contributed by atoms with E-state index in [-0.39, 0.29) is 5.41 Å².